The van der Waals surface area contributed by atoms with Crippen molar-refractivity contribution >= 4 is 32.8 Å². The van der Waals surface area contributed by atoms with Gasteiger partial charge in [0.2, 0.25) is 5.91 Å². The molecule has 30 heavy (non-hydrogen) atoms. The van der Waals surface area contributed by atoms with Crippen LogP contribution < -0.4 is 10.9 Å². The van der Waals surface area contributed by atoms with E-state index in [1.165, 1.54) is 6.07 Å². The van der Waals surface area contributed by atoms with Crippen molar-refractivity contribution in [3.05, 3.63) is 86.7 Å². The van der Waals surface area contributed by atoms with E-state index in [9.17, 15) is 9.59 Å². The minimum absolute atomic E-state index is 0.142. The van der Waals surface area contributed by atoms with Gasteiger partial charge in [-0.1, -0.05) is 34.1 Å². The van der Waals surface area contributed by atoms with Crippen LogP contribution in [0.15, 0.2) is 74.5 Å². The lowest BCUT2D eigenvalue weighted by Gasteiger charge is -2.09. The molecule has 0 bridgehead atoms. The Morgan fingerprint density at radius 1 is 1.17 bits per heavy atom. The van der Waals surface area contributed by atoms with Gasteiger partial charge < -0.3 is 4.42 Å². The summed E-state index contributed by atoms with van der Waals surface area (Å²) in [5.74, 6) is 0.804. The lowest BCUT2D eigenvalue weighted by molar-refractivity contribution is -0.116. The highest BCUT2D eigenvalue weighted by Crippen LogP contribution is 2.39. The second kappa shape index (κ2) is 7.57. The monoisotopic (exact) mass is 463 g/mol. The molecule has 0 spiro atoms. The molecule has 0 unspecified atom stereocenters. The third-order valence-electron chi connectivity index (χ3n) is 5.16. The second-order valence-electron chi connectivity index (χ2n) is 7.47. The number of hydrogen-bond donors (Lipinski definition) is 1. The van der Waals surface area contributed by atoms with Crippen LogP contribution in [0.2, 0.25) is 0 Å². The smallest absolute Gasteiger partial charge is 0.244 e. The molecular weight excluding hydrogens is 446 g/mol. The fourth-order valence-electron chi connectivity index (χ4n) is 3.54. The molecule has 2 heterocycles. The number of nitrogens with one attached hydrogen (secondary N) is 1. The van der Waals surface area contributed by atoms with E-state index in [-0.39, 0.29) is 17.8 Å². The number of amides is 1. The van der Waals surface area contributed by atoms with Gasteiger partial charge in [0.25, 0.3) is 0 Å². The molecule has 2 aromatic carbocycles. The summed E-state index contributed by atoms with van der Waals surface area (Å²) >= 11 is 3.43. The molecular formula is C23H18BrN3O3. The summed E-state index contributed by atoms with van der Waals surface area (Å²) in [4.78, 5) is 26.7. The summed E-state index contributed by atoms with van der Waals surface area (Å²) < 4.78 is 6.85. The number of hydrogen-bond acceptors (Lipinski definition) is 4. The van der Waals surface area contributed by atoms with Crippen LogP contribution in [0.3, 0.4) is 0 Å². The highest BCUT2D eigenvalue weighted by atomic mass is 79.9. The zero-order valence-corrected chi connectivity index (χ0v) is 17.6. The fraction of sp³-hybridized carbons (Fsp3) is 0.174. The maximum absolute atomic E-state index is 12.7. The summed E-state index contributed by atoms with van der Waals surface area (Å²) in [6.45, 7) is 0. The quantitative estimate of drug-likeness (QED) is 0.468. The Labute approximate surface area is 180 Å². The molecule has 0 aliphatic heterocycles. The molecule has 150 valence electrons. The van der Waals surface area contributed by atoms with Crippen molar-refractivity contribution < 1.29 is 9.21 Å². The number of carbonyl (C=O) groups excluding carboxylic acids is 1. The van der Waals surface area contributed by atoms with Crippen LogP contribution in [0, 0.1) is 0 Å². The van der Waals surface area contributed by atoms with E-state index in [0.29, 0.717) is 22.6 Å². The van der Waals surface area contributed by atoms with E-state index in [0.717, 1.165) is 34.1 Å². The Bertz CT molecular complexity index is 1320. The van der Waals surface area contributed by atoms with Gasteiger partial charge in [-0.3, -0.25) is 9.59 Å². The number of aromatic nitrogens is 2. The molecule has 0 saturated heterocycles. The summed E-state index contributed by atoms with van der Waals surface area (Å²) in [5, 5.41) is 4.64. The summed E-state index contributed by atoms with van der Waals surface area (Å²) in [6, 6.07) is 16.3. The lowest BCUT2D eigenvalue weighted by Crippen LogP contribution is -2.26. The van der Waals surface area contributed by atoms with Crippen molar-refractivity contribution in [1.29, 1.82) is 0 Å². The number of fused-ring (bicyclic) bond motifs is 1. The molecule has 1 saturated carbocycles. The van der Waals surface area contributed by atoms with Gasteiger partial charge in [0.15, 0.2) is 5.43 Å². The highest BCUT2D eigenvalue weighted by molar-refractivity contribution is 9.10. The van der Waals surface area contributed by atoms with Crippen molar-refractivity contribution in [3.8, 4) is 11.3 Å². The van der Waals surface area contributed by atoms with Crippen LogP contribution in [-0.2, 0) is 11.2 Å². The Hall–Kier alpha value is -3.19. The van der Waals surface area contributed by atoms with E-state index in [4.69, 9.17) is 4.42 Å². The third-order valence-corrected chi connectivity index (χ3v) is 5.66. The van der Waals surface area contributed by atoms with Crippen LogP contribution in [0.4, 0.5) is 0 Å². The molecule has 1 fully saturated rings. The molecule has 0 radical (unpaired) electrons. The molecule has 1 amide bonds. The Balaban J connectivity index is 1.39. The van der Waals surface area contributed by atoms with Gasteiger partial charge in [0, 0.05) is 22.0 Å². The molecule has 1 aliphatic carbocycles. The van der Waals surface area contributed by atoms with Crippen molar-refractivity contribution in [2.45, 2.75) is 25.2 Å². The number of carbonyl (C=O) groups is 1. The van der Waals surface area contributed by atoms with Gasteiger partial charge in [0.1, 0.15) is 11.3 Å². The average Bonchev–Trinajstić information content (AvgIpc) is 3.47. The van der Waals surface area contributed by atoms with Crippen LogP contribution in [-0.4, -0.2) is 15.8 Å². The number of nitrogens with zero attached hydrogens (tertiary/aromatic N) is 2. The predicted molar refractivity (Wildman–Crippen MR) is 118 cm³/mol. The Morgan fingerprint density at radius 2 is 2.03 bits per heavy atom. The zero-order valence-electron chi connectivity index (χ0n) is 16.0. The first-order valence-electron chi connectivity index (χ1n) is 9.73. The molecule has 2 aromatic heterocycles. The lowest BCUT2D eigenvalue weighted by atomic mass is 10.1. The van der Waals surface area contributed by atoms with E-state index in [2.05, 4.69) is 26.5 Å². The first kappa shape index (κ1) is 18.8. The molecule has 6 nitrogen and oxygen atoms in total. The van der Waals surface area contributed by atoms with E-state index < -0.39 is 0 Å². The largest absolute Gasteiger partial charge is 0.456 e. The molecule has 5 rings (SSSR count). The summed E-state index contributed by atoms with van der Waals surface area (Å²) in [6.07, 6.45) is 4.10. The molecule has 1 N–H and O–H groups in total. The fourth-order valence-corrected chi connectivity index (χ4v) is 3.93. The van der Waals surface area contributed by atoms with Crippen molar-refractivity contribution in [3.63, 3.8) is 0 Å². The maximum atomic E-state index is 12.7. The minimum atomic E-state index is -0.185. The molecule has 7 heteroatoms. The van der Waals surface area contributed by atoms with Gasteiger partial charge >= 0.3 is 0 Å². The summed E-state index contributed by atoms with van der Waals surface area (Å²) in [7, 11) is 0. The zero-order chi connectivity index (χ0) is 20.7. The van der Waals surface area contributed by atoms with Gasteiger partial charge in [-0.25, -0.2) is 5.43 Å². The molecule has 0 atom stereocenters. The Morgan fingerprint density at radius 3 is 2.83 bits per heavy atom. The third kappa shape index (κ3) is 3.80. The Kier molecular flexibility index (Phi) is 4.75. The van der Waals surface area contributed by atoms with Gasteiger partial charge in [-0.2, -0.15) is 9.89 Å². The van der Waals surface area contributed by atoms with E-state index in [1.54, 1.807) is 29.2 Å². The van der Waals surface area contributed by atoms with Crippen molar-refractivity contribution in [2.75, 3.05) is 5.43 Å². The van der Waals surface area contributed by atoms with E-state index in [1.807, 2.05) is 30.3 Å². The van der Waals surface area contributed by atoms with E-state index >= 15 is 0 Å². The van der Waals surface area contributed by atoms with Gasteiger partial charge in [-0.15, -0.1) is 0 Å². The minimum Gasteiger partial charge on any atom is -0.456 e. The normalized spacial score (nSPS) is 13.5. The molecule has 1 aliphatic rings. The predicted octanol–water partition coefficient (Wildman–Crippen LogP) is 4.61. The second-order valence-corrected chi connectivity index (χ2v) is 8.39. The SMILES string of the molecule is O=C(Cc1ccc2oc(-c3cccc(Br)c3)cc(=O)c2c1)Nn1nccc1C1CC1. The van der Waals surface area contributed by atoms with Crippen LogP contribution in [0.25, 0.3) is 22.3 Å². The van der Waals surface area contributed by atoms with Gasteiger partial charge in [-0.05, 0) is 48.7 Å². The first-order chi connectivity index (χ1) is 14.6. The number of rotatable bonds is 5. The van der Waals surface area contributed by atoms with Crippen LogP contribution >= 0.6 is 15.9 Å². The summed E-state index contributed by atoms with van der Waals surface area (Å²) in [5.41, 5.74) is 5.75. The van der Waals surface area contributed by atoms with Crippen LogP contribution in [0.1, 0.15) is 30.0 Å². The van der Waals surface area contributed by atoms with Gasteiger partial charge in [0.05, 0.1) is 23.7 Å². The highest BCUT2D eigenvalue weighted by Gasteiger charge is 2.27. The van der Waals surface area contributed by atoms with Crippen molar-refractivity contribution in [2.24, 2.45) is 0 Å². The number of halogens is 1. The number of benzene rings is 2. The topological polar surface area (TPSA) is 77.1 Å². The van der Waals surface area contributed by atoms with Crippen molar-refractivity contribution in [1.82, 2.24) is 9.89 Å². The average molecular weight is 464 g/mol. The first-order valence-corrected chi connectivity index (χ1v) is 10.5. The standard InChI is InChI=1S/C23H18BrN3O3/c24-17-3-1-2-16(12-17)22-13-20(28)18-10-14(4-7-21(18)30-22)11-23(29)26-27-19(8-9-25-27)15-5-6-15/h1-4,7-10,12-13,15H,5-6,11H2,(H,26,29). The van der Waals surface area contributed by atoms with Crippen LogP contribution in [0.5, 0.6) is 0 Å². The molecule has 4 aromatic rings. The maximum Gasteiger partial charge on any atom is 0.244 e.